The number of nitrogens with zero attached hydrogens (tertiary/aromatic N) is 1. The van der Waals surface area contributed by atoms with Crippen LogP contribution in [0.25, 0.3) is 10.8 Å². The van der Waals surface area contributed by atoms with Gasteiger partial charge in [0.1, 0.15) is 11.9 Å². The molecule has 1 aliphatic heterocycles. The first-order valence-corrected chi connectivity index (χ1v) is 9.77. The van der Waals surface area contributed by atoms with Gasteiger partial charge in [-0.05, 0) is 47.0 Å². The van der Waals surface area contributed by atoms with Crippen molar-refractivity contribution in [2.24, 2.45) is 0 Å². The quantitative estimate of drug-likeness (QED) is 0.518. The molecule has 3 aromatic rings. The Morgan fingerprint density at radius 2 is 1.81 bits per heavy atom. The van der Waals surface area contributed by atoms with Crippen molar-refractivity contribution in [1.82, 2.24) is 10.2 Å². The van der Waals surface area contributed by atoms with Crippen LogP contribution in [0.1, 0.15) is 29.7 Å². The number of carbonyl (C=O) groups excluding carboxylic acids is 2. The van der Waals surface area contributed by atoms with Crippen molar-refractivity contribution < 1.29 is 31.9 Å². The highest BCUT2D eigenvalue weighted by Gasteiger charge is 2.44. The third-order valence-electron chi connectivity index (χ3n) is 5.37. The molecule has 0 bridgehead atoms. The Morgan fingerprint density at radius 1 is 1.09 bits per heavy atom. The Hall–Kier alpha value is -3.62. The maximum Gasteiger partial charge on any atom is 0.419 e. The van der Waals surface area contributed by atoms with Gasteiger partial charge in [0.15, 0.2) is 0 Å². The standard InChI is InChI=1S/C23H18F4N2O3/c1-13-20(16-9-17(23(25,26)27)11-18(24)10-16)32-22(31)29(13)21(30)28-12-15-7-4-6-14-5-2-3-8-19(14)15/h2-11,13,20H,12H2,1H3,(H,28,30)/t13-,20-/m0/s1. The molecule has 1 saturated heterocycles. The highest BCUT2D eigenvalue weighted by Crippen LogP contribution is 2.37. The van der Waals surface area contributed by atoms with Crippen LogP contribution < -0.4 is 5.32 Å². The molecule has 0 aromatic heterocycles. The number of nitrogens with one attached hydrogen (secondary N) is 1. The molecule has 9 heteroatoms. The molecule has 3 aromatic carbocycles. The first kappa shape index (κ1) is 21.6. The summed E-state index contributed by atoms with van der Waals surface area (Å²) in [5.74, 6) is -1.11. The van der Waals surface area contributed by atoms with Gasteiger partial charge in [-0.25, -0.2) is 18.9 Å². The van der Waals surface area contributed by atoms with E-state index in [1.807, 2.05) is 42.5 Å². The second-order valence-electron chi connectivity index (χ2n) is 7.48. The number of urea groups is 1. The fraction of sp³-hybridized carbons (Fsp3) is 0.217. The van der Waals surface area contributed by atoms with Crippen molar-refractivity contribution in [2.45, 2.75) is 31.8 Å². The van der Waals surface area contributed by atoms with Crippen LogP contribution in [0.2, 0.25) is 0 Å². The number of alkyl halides is 3. The first-order chi connectivity index (χ1) is 15.1. The third kappa shape index (κ3) is 4.10. The van der Waals surface area contributed by atoms with E-state index < -0.39 is 41.8 Å². The number of benzene rings is 3. The van der Waals surface area contributed by atoms with Gasteiger partial charge < -0.3 is 10.1 Å². The SMILES string of the molecule is C[C@H]1[C@@H](c2cc(F)cc(C(F)(F)F)c2)OC(=O)N1C(=O)NCc1cccc2ccccc12. The van der Waals surface area contributed by atoms with Crippen molar-refractivity contribution in [2.75, 3.05) is 0 Å². The lowest BCUT2D eigenvalue weighted by atomic mass is 10.0. The number of cyclic esters (lactones) is 1. The van der Waals surface area contributed by atoms with Gasteiger partial charge in [-0.1, -0.05) is 42.5 Å². The number of fused-ring (bicyclic) bond motifs is 1. The minimum absolute atomic E-state index is 0.125. The largest absolute Gasteiger partial charge is 0.439 e. The lowest BCUT2D eigenvalue weighted by Crippen LogP contribution is -2.44. The van der Waals surface area contributed by atoms with Crippen LogP contribution in [0.3, 0.4) is 0 Å². The van der Waals surface area contributed by atoms with Gasteiger partial charge in [0, 0.05) is 6.54 Å². The number of ether oxygens (including phenoxy) is 1. The van der Waals surface area contributed by atoms with Crippen LogP contribution in [0.5, 0.6) is 0 Å². The Balaban J connectivity index is 1.52. The molecule has 4 rings (SSSR count). The smallest absolute Gasteiger partial charge is 0.419 e. The zero-order valence-corrected chi connectivity index (χ0v) is 16.8. The van der Waals surface area contributed by atoms with E-state index in [9.17, 15) is 27.2 Å². The topological polar surface area (TPSA) is 58.6 Å². The molecular weight excluding hydrogens is 428 g/mol. The third-order valence-corrected chi connectivity index (χ3v) is 5.37. The zero-order valence-electron chi connectivity index (χ0n) is 16.8. The van der Waals surface area contributed by atoms with Crippen LogP contribution in [-0.4, -0.2) is 23.1 Å². The van der Waals surface area contributed by atoms with Crippen molar-refractivity contribution in [3.05, 3.63) is 83.2 Å². The van der Waals surface area contributed by atoms with Crippen molar-refractivity contribution in [3.8, 4) is 0 Å². The maximum absolute atomic E-state index is 13.8. The van der Waals surface area contributed by atoms with Gasteiger partial charge in [0.2, 0.25) is 0 Å². The van der Waals surface area contributed by atoms with E-state index in [1.54, 1.807) is 0 Å². The van der Waals surface area contributed by atoms with E-state index in [1.165, 1.54) is 6.92 Å². The molecule has 1 aliphatic rings. The molecule has 1 N–H and O–H groups in total. The number of halogens is 4. The van der Waals surface area contributed by atoms with Gasteiger partial charge in [0.05, 0.1) is 11.6 Å². The molecule has 32 heavy (non-hydrogen) atoms. The molecule has 5 nitrogen and oxygen atoms in total. The zero-order chi connectivity index (χ0) is 23.0. The summed E-state index contributed by atoms with van der Waals surface area (Å²) >= 11 is 0. The van der Waals surface area contributed by atoms with Gasteiger partial charge in [0.25, 0.3) is 0 Å². The molecule has 0 spiro atoms. The predicted octanol–water partition coefficient (Wildman–Crippen LogP) is 5.79. The summed E-state index contributed by atoms with van der Waals surface area (Å²) in [5, 5.41) is 4.57. The molecule has 3 amide bonds. The first-order valence-electron chi connectivity index (χ1n) is 9.77. The number of hydrogen-bond donors (Lipinski definition) is 1. The number of carbonyl (C=O) groups is 2. The molecule has 166 valence electrons. The van der Waals surface area contributed by atoms with E-state index >= 15 is 0 Å². The second kappa shape index (κ2) is 8.14. The Kier molecular flexibility index (Phi) is 5.50. The van der Waals surface area contributed by atoms with Crippen LogP contribution >= 0.6 is 0 Å². The highest BCUT2D eigenvalue weighted by molar-refractivity contribution is 5.93. The molecule has 1 heterocycles. The van der Waals surface area contributed by atoms with Crippen LogP contribution in [-0.2, 0) is 17.5 Å². The molecule has 0 unspecified atom stereocenters. The lowest BCUT2D eigenvalue weighted by molar-refractivity contribution is -0.137. The monoisotopic (exact) mass is 446 g/mol. The number of rotatable bonds is 3. The number of amides is 3. The average molecular weight is 446 g/mol. The molecule has 0 aliphatic carbocycles. The summed E-state index contributed by atoms with van der Waals surface area (Å²) in [6.45, 7) is 1.57. The summed E-state index contributed by atoms with van der Waals surface area (Å²) in [6, 6.07) is 13.4. The average Bonchev–Trinajstić information content (AvgIpc) is 3.05. The molecule has 0 saturated carbocycles. The van der Waals surface area contributed by atoms with Crippen molar-refractivity contribution in [1.29, 1.82) is 0 Å². The molecule has 1 fully saturated rings. The van der Waals surface area contributed by atoms with Gasteiger partial charge in [-0.3, -0.25) is 0 Å². The van der Waals surface area contributed by atoms with Crippen LogP contribution in [0.15, 0.2) is 60.7 Å². The summed E-state index contributed by atoms with van der Waals surface area (Å²) < 4.78 is 58.0. The Morgan fingerprint density at radius 3 is 2.56 bits per heavy atom. The van der Waals surface area contributed by atoms with E-state index in [2.05, 4.69) is 5.32 Å². The van der Waals surface area contributed by atoms with Crippen molar-refractivity contribution >= 4 is 22.9 Å². The summed E-state index contributed by atoms with van der Waals surface area (Å²) in [5.41, 5.74) is -0.551. The normalized spacial score (nSPS) is 18.7. The fourth-order valence-electron chi connectivity index (χ4n) is 3.82. The van der Waals surface area contributed by atoms with Gasteiger partial charge in [-0.15, -0.1) is 0 Å². The Labute approximate surface area is 180 Å². The maximum atomic E-state index is 13.8. The second-order valence-corrected chi connectivity index (χ2v) is 7.48. The molecular formula is C23H18F4N2O3. The van der Waals surface area contributed by atoms with E-state index in [-0.39, 0.29) is 12.1 Å². The molecule has 0 radical (unpaired) electrons. The summed E-state index contributed by atoms with van der Waals surface area (Å²) in [7, 11) is 0. The Bertz CT molecular complexity index is 1190. The number of hydrogen-bond acceptors (Lipinski definition) is 3. The predicted molar refractivity (Wildman–Crippen MR) is 108 cm³/mol. The lowest BCUT2D eigenvalue weighted by Gasteiger charge is -2.20. The minimum atomic E-state index is -4.77. The van der Waals surface area contributed by atoms with Gasteiger partial charge in [-0.2, -0.15) is 13.2 Å². The van der Waals surface area contributed by atoms with E-state index in [0.29, 0.717) is 6.07 Å². The van der Waals surface area contributed by atoms with E-state index in [0.717, 1.165) is 33.4 Å². The van der Waals surface area contributed by atoms with E-state index in [4.69, 9.17) is 4.74 Å². The van der Waals surface area contributed by atoms with Crippen molar-refractivity contribution in [3.63, 3.8) is 0 Å². The van der Waals surface area contributed by atoms with Crippen LogP contribution in [0, 0.1) is 5.82 Å². The fourth-order valence-corrected chi connectivity index (χ4v) is 3.82. The summed E-state index contributed by atoms with van der Waals surface area (Å²) in [4.78, 5) is 25.8. The van der Waals surface area contributed by atoms with Gasteiger partial charge >= 0.3 is 18.3 Å². The minimum Gasteiger partial charge on any atom is -0.439 e. The number of imide groups is 1. The summed E-state index contributed by atoms with van der Waals surface area (Å²) in [6.07, 6.45) is -7.02. The highest BCUT2D eigenvalue weighted by atomic mass is 19.4. The van der Waals surface area contributed by atoms with Crippen LogP contribution in [0.4, 0.5) is 27.2 Å². The molecule has 2 atom stereocenters.